The highest BCUT2D eigenvalue weighted by atomic mass is 16.5. The Labute approximate surface area is 168 Å². The average Bonchev–Trinajstić information content (AvgIpc) is 3.21. The predicted octanol–water partition coefficient (Wildman–Crippen LogP) is 3.22. The minimum Gasteiger partial charge on any atom is -0.497 e. The maximum atomic E-state index is 13.3. The van der Waals surface area contributed by atoms with Gasteiger partial charge in [-0.15, -0.1) is 0 Å². The van der Waals surface area contributed by atoms with Crippen molar-refractivity contribution in [2.75, 3.05) is 24.9 Å². The van der Waals surface area contributed by atoms with E-state index in [1.54, 1.807) is 31.0 Å². The van der Waals surface area contributed by atoms with Crippen LogP contribution in [0.25, 0.3) is 0 Å². The van der Waals surface area contributed by atoms with Gasteiger partial charge in [-0.3, -0.25) is 4.79 Å². The van der Waals surface area contributed by atoms with Crippen LogP contribution in [-0.4, -0.2) is 34.9 Å². The zero-order chi connectivity index (χ0) is 20.4. The minimum absolute atomic E-state index is 0.249. The molecule has 2 aromatic carbocycles. The Balaban J connectivity index is 1.75. The van der Waals surface area contributed by atoms with Crippen molar-refractivity contribution in [1.82, 2.24) is 14.8 Å². The van der Waals surface area contributed by atoms with E-state index in [2.05, 4.69) is 20.7 Å². The second kappa shape index (κ2) is 7.67. The standard InChI is InChI=1S/C21H21N5O3/c1-13-18(20(27)25-16-6-4-5-7-17(16)29-3)19(26-21(24-13)22-12-23-26)14-8-10-15(28-2)11-9-14/h4-12,19H,1-3H3,(H,25,27)(H,22,23,24)/t19-/m1/s1. The fraction of sp³-hybridized carbons (Fsp3) is 0.190. The van der Waals surface area contributed by atoms with Crippen LogP contribution in [0, 0.1) is 0 Å². The van der Waals surface area contributed by atoms with E-state index >= 15 is 0 Å². The molecule has 0 saturated heterocycles. The lowest BCUT2D eigenvalue weighted by atomic mass is 9.95. The summed E-state index contributed by atoms with van der Waals surface area (Å²) >= 11 is 0. The Morgan fingerprint density at radius 1 is 1.10 bits per heavy atom. The number of nitrogens with one attached hydrogen (secondary N) is 2. The van der Waals surface area contributed by atoms with Gasteiger partial charge in [0.1, 0.15) is 23.9 Å². The molecule has 0 radical (unpaired) electrons. The van der Waals surface area contributed by atoms with Crippen molar-refractivity contribution in [3.8, 4) is 11.5 Å². The van der Waals surface area contributed by atoms with Crippen LogP contribution < -0.4 is 20.1 Å². The second-order valence-corrected chi connectivity index (χ2v) is 6.52. The SMILES string of the molecule is COc1ccc([C@@H]2C(C(=O)Nc3ccccc3OC)=C(C)Nc3ncnn32)cc1. The van der Waals surface area contributed by atoms with E-state index in [0.29, 0.717) is 28.7 Å². The van der Waals surface area contributed by atoms with Crippen molar-refractivity contribution in [2.45, 2.75) is 13.0 Å². The summed E-state index contributed by atoms with van der Waals surface area (Å²) in [4.78, 5) is 17.6. The molecule has 1 amide bonds. The number of benzene rings is 2. The van der Waals surface area contributed by atoms with E-state index in [4.69, 9.17) is 9.47 Å². The van der Waals surface area contributed by atoms with E-state index in [-0.39, 0.29) is 5.91 Å². The summed E-state index contributed by atoms with van der Waals surface area (Å²) in [5.41, 5.74) is 2.74. The monoisotopic (exact) mass is 391 g/mol. The molecule has 0 saturated carbocycles. The Morgan fingerprint density at radius 2 is 1.86 bits per heavy atom. The van der Waals surface area contributed by atoms with Crippen molar-refractivity contribution >= 4 is 17.5 Å². The molecule has 29 heavy (non-hydrogen) atoms. The first-order valence-corrected chi connectivity index (χ1v) is 9.08. The zero-order valence-corrected chi connectivity index (χ0v) is 16.3. The number of amides is 1. The number of allylic oxidation sites excluding steroid dienone is 1. The quantitative estimate of drug-likeness (QED) is 0.694. The van der Waals surface area contributed by atoms with Crippen LogP contribution in [-0.2, 0) is 4.79 Å². The first-order chi connectivity index (χ1) is 14.1. The van der Waals surface area contributed by atoms with Crippen LogP contribution in [0.15, 0.2) is 66.1 Å². The zero-order valence-electron chi connectivity index (χ0n) is 16.3. The highest BCUT2D eigenvalue weighted by Crippen LogP contribution is 2.36. The minimum atomic E-state index is -0.436. The average molecular weight is 391 g/mol. The van der Waals surface area contributed by atoms with Gasteiger partial charge in [0.05, 0.1) is 25.5 Å². The molecule has 1 aliphatic heterocycles. The summed E-state index contributed by atoms with van der Waals surface area (Å²) in [7, 11) is 3.19. The van der Waals surface area contributed by atoms with Gasteiger partial charge < -0.3 is 20.1 Å². The van der Waals surface area contributed by atoms with Crippen LogP contribution in [0.4, 0.5) is 11.6 Å². The highest BCUT2D eigenvalue weighted by molar-refractivity contribution is 6.06. The van der Waals surface area contributed by atoms with Crippen molar-refractivity contribution in [3.05, 3.63) is 71.7 Å². The second-order valence-electron chi connectivity index (χ2n) is 6.52. The number of anilines is 2. The Hall–Kier alpha value is -3.81. The number of fused-ring (bicyclic) bond motifs is 1. The maximum Gasteiger partial charge on any atom is 0.255 e. The van der Waals surface area contributed by atoms with Gasteiger partial charge in [-0.25, -0.2) is 4.68 Å². The predicted molar refractivity (Wildman–Crippen MR) is 109 cm³/mol. The Morgan fingerprint density at radius 3 is 2.59 bits per heavy atom. The van der Waals surface area contributed by atoms with E-state index in [9.17, 15) is 4.79 Å². The van der Waals surface area contributed by atoms with Gasteiger partial charge >= 0.3 is 0 Å². The molecular weight excluding hydrogens is 370 g/mol. The number of carbonyl (C=O) groups excluding carboxylic acids is 1. The molecule has 1 atom stereocenters. The van der Waals surface area contributed by atoms with Crippen LogP contribution >= 0.6 is 0 Å². The Bertz CT molecular complexity index is 1070. The molecule has 0 spiro atoms. The molecule has 1 aromatic heterocycles. The number of hydrogen-bond acceptors (Lipinski definition) is 6. The third-order valence-corrected chi connectivity index (χ3v) is 4.83. The summed E-state index contributed by atoms with van der Waals surface area (Å²) in [6, 6.07) is 14.4. The summed E-state index contributed by atoms with van der Waals surface area (Å²) in [5.74, 6) is 1.66. The third-order valence-electron chi connectivity index (χ3n) is 4.83. The summed E-state index contributed by atoms with van der Waals surface area (Å²) in [6.45, 7) is 1.85. The molecule has 2 heterocycles. The molecule has 8 nitrogen and oxygen atoms in total. The lowest BCUT2D eigenvalue weighted by Crippen LogP contribution is -2.31. The number of ether oxygens (including phenoxy) is 2. The number of nitrogens with zero attached hydrogens (tertiary/aromatic N) is 3. The van der Waals surface area contributed by atoms with Crippen LogP contribution in [0.3, 0.4) is 0 Å². The van der Waals surface area contributed by atoms with E-state index < -0.39 is 6.04 Å². The first kappa shape index (κ1) is 18.5. The Kier molecular flexibility index (Phi) is 4.90. The lowest BCUT2D eigenvalue weighted by molar-refractivity contribution is -0.113. The van der Waals surface area contributed by atoms with Crippen LogP contribution in [0.1, 0.15) is 18.5 Å². The number of rotatable bonds is 5. The van der Waals surface area contributed by atoms with Gasteiger partial charge in [0, 0.05) is 5.70 Å². The normalized spacial score (nSPS) is 15.3. The van der Waals surface area contributed by atoms with Crippen LogP contribution in [0.2, 0.25) is 0 Å². The fourth-order valence-corrected chi connectivity index (χ4v) is 3.42. The lowest BCUT2D eigenvalue weighted by Gasteiger charge is -2.29. The molecule has 148 valence electrons. The third kappa shape index (κ3) is 3.40. The van der Waals surface area contributed by atoms with Gasteiger partial charge in [-0.2, -0.15) is 10.1 Å². The van der Waals surface area contributed by atoms with Crippen molar-refractivity contribution in [1.29, 1.82) is 0 Å². The summed E-state index contributed by atoms with van der Waals surface area (Å²) in [5, 5.41) is 10.5. The number of methoxy groups -OCH3 is 2. The number of para-hydroxylation sites is 2. The van der Waals surface area contributed by atoms with Crippen LogP contribution in [0.5, 0.6) is 11.5 Å². The topological polar surface area (TPSA) is 90.3 Å². The molecule has 8 heteroatoms. The van der Waals surface area contributed by atoms with Crippen molar-refractivity contribution in [3.63, 3.8) is 0 Å². The van der Waals surface area contributed by atoms with Gasteiger partial charge in [0.15, 0.2) is 0 Å². The van der Waals surface area contributed by atoms with E-state index in [1.807, 2.05) is 43.3 Å². The molecule has 3 aromatic rings. The van der Waals surface area contributed by atoms with Crippen molar-refractivity contribution in [2.24, 2.45) is 0 Å². The molecular formula is C21H21N5O3. The smallest absolute Gasteiger partial charge is 0.255 e. The molecule has 2 N–H and O–H groups in total. The summed E-state index contributed by atoms with van der Waals surface area (Å²) in [6.07, 6.45) is 1.47. The van der Waals surface area contributed by atoms with Gasteiger partial charge in [0.25, 0.3) is 5.91 Å². The number of carbonyl (C=O) groups is 1. The number of aromatic nitrogens is 3. The molecule has 0 aliphatic carbocycles. The first-order valence-electron chi connectivity index (χ1n) is 9.08. The molecule has 0 bridgehead atoms. The highest BCUT2D eigenvalue weighted by Gasteiger charge is 2.33. The molecule has 0 unspecified atom stereocenters. The van der Waals surface area contributed by atoms with Crippen molar-refractivity contribution < 1.29 is 14.3 Å². The van der Waals surface area contributed by atoms with Gasteiger partial charge in [0.2, 0.25) is 5.95 Å². The molecule has 4 rings (SSSR count). The summed E-state index contributed by atoms with van der Waals surface area (Å²) < 4.78 is 12.3. The number of hydrogen-bond donors (Lipinski definition) is 2. The van der Waals surface area contributed by atoms with Gasteiger partial charge in [-0.1, -0.05) is 24.3 Å². The fourth-order valence-electron chi connectivity index (χ4n) is 3.42. The van der Waals surface area contributed by atoms with E-state index in [0.717, 1.165) is 11.3 Å². The molecule has 0 fully saturated rings. The maximum absolute atomic E-state index is 13.3. The largest absolute Gasteiger partial charge is 0.497 e. The van der Waals surface area contributed by atoms with E-state index in [1.165, 1.54) is 6.33 Å². The van der Waals surface area contributed by atoms with Gasteiger partial charge in [-0.05, 0) is 36.8 Å². The molecule has 1 aliphatic rings.